The Morgan fingerprint density at radius 3 is 2.37 bits per heavy atom. The van der Waals surface area contributed by atoms with Gasteiger partial charge in [-0.1, -0.05) is 13.8 Å². The maximum Gasteiger partial charge on any atom is 0.315 e. The molecular weight excluding hydrogens is 552 g/mol. The molecule has 1 aliphatic heterocycles. The van der Waals surface area contributed by atoms with Gasteiger partial charge >= 0.3 is 17.9 Å². The second-order valence-corrected chi connectivity index (χ2v) is 15.0. The average Bonchev–Trinajstić information content (AvgIpc) is 3.51. The summed E-state index contributed by atoms with van der Waals surface area (Å²) in [7, 11) is -4.49. The molecule has 41 heavy (non-hydrogen) atoms. The lowest BCUT2D eigenvalue weighted by molar-refractivity contribution is -0.188. The van der Waals surface area contributed by atoms with Gasteiger partial charge in [-0.2, -0.15) is 8.42 Å². The lowest BCUT2D eigenvalue weighted by atomic mass is 9.49. The molecule has 0 amide bonds. The minimum atomic E-state index is -4.49. The molecule has 6 saturated carbocycles. The summed E-state index contributed by atoms with van der Waals surface area (Å²) in [6, 6.07) is 2.71. The number of hydrogen-bond acceptors (Lipinski definition) is 9. The van der Waals surface area contributed by atoms with E-state index in [2.05, 4.69) is 0 Å². The van der Waals surface area contributed by atoms with Crippen molar-refractivity contribution < 1.29 is 46.4 Å². The van der Waals surface area contributed by atoms with Gasteiger partial charge < -0.3 is 14.2 Å². The van der Waals surface area contributed by atoms with E-state index in [9.17, 15) is 32.1 Å². The highest BCUT2D eigenvalue weighted by Crippen LogP contribution is 2.62. The molecule has 1 N–H and O–H groups in total. The summed E-state index contributed by atoms with van der Waals surface area (Å²) in [5.74, 6) is -3.45. The van der Waals surface area contributed by atoms with Crippen molar-refractivity contribution in [1.82, 2.24) is 0 Å². The second kappa shape index (κ2) is 8.86. The largest absolute Gasteiger partial charge is 0.458 e. The lowest BCUT2D eigenvalue weighted by Gasteiger charge is -2.54. The zero-order chi connectivity index (χ0) is 29.2. The highest BCUT2D eigenvalue weighted by Gasteiger charge is 2.71. The standard InChI is InChI=1S/C30H34O10S/c1-12(2)17-8-20(13(3)4-21(17)41(35,36)37)38-27(32)22-19-7-18-23(22)28(33)39-25(18)26(19)40-29(34)30-9-14-5-15(10-30)24(31)16(6-14)11-30/h4,8,12,14-16,18-19,22-23,25-26H,5-7,9-11H2,1-3H3,(H,35,36,37). The van der Waals surface area contributed by atoms with Crippen molar-refractivity contribution in [3.8, 4) is 5.75 Å². The number of hydrogen-bond donors (Lipinski definition) is 1. The number of aryl methyl sites for hydroxylation is 1. The topological polar surface area (TPSA) is 150 Å². The molecule has 0 radical (unpaired) electrons. The minimum Gasteiger partial charge on any atom is -0.458 e. The Kier molecular flexibility index (Phi) is 5.85. The number of rotatable bonds is 6. The predicted molar refractivity (Wildman–Crippen MR) is 140 cm³/mol. The molecular formula is C30H34O10S. The van der Waals surface area contributed by atoms with Crippen molar-refractivity contribution in [3.05, 3.63) is 23.3 Å². The first kappa shape index (κ1) is 27.1. The summed E-state index contributed by atoms with van der Waals surface area (Å²) < 4.78 is 51.2. The van der Waals surface area contributed by atoms with Gasteiger partial charge in [0, 0.05) is 23.7 Å². The van der Waals surface area contributed by atoms with Gasteiger partial charge in [0.15, 0.2) is 0 Å². The fraction of sp³-hybridized carbons (Fsp3) is 0.667. The van der Waals surface area contributed by atoms with Crippen LogP contribution in [0.2, 0.25) is 0 Å². The van der Waals surface area contributed by atoms with Gasteiger partial charge in [0.2, 0.25) is 0 Å². The van der Waals surface area contributed by atoms with Crippen LogP contribution in [0.4, 0.5) is 0 Å². The number of benzene rings is 1. The molecule has 6 aliphatic carbocycles. The summed E-state index contributed by atoms with van der Waals surface area (Å²) >= 11 is 0. The normalized spacial score (nSPS) is 39.9. The summed E-state index contributed by atoms with van der Waals surface area (Å²) in [5, 5.41) is 0. The molecule has 1 aromatic carbocycles. The van der Waals surface area contributed by atoms with E-state index in [-0.39, 0.29) is 46.1 Å². The number of esters is 3. The minimum absolute atomic E-state index is 0.0866. The van der Waals surface area contributed by atoms with Gasteiger partial charge in [-0.05, 0) is 80.5 Å². The summed E-state index contributed by atoms with van der Waals surface area (Å²) in [6.45, 7) is 5.09. The van der Waals surface area contributed by atoms with Crippen LogP contribution < -0.4 is 4.74 Å². The number of Topliss-reactive ketones (excluding diaryl/α,β-unsaturated/α-hetero) is 1. The van der Waals surface area contributed by atoms with E-state index in [4.69, 9.17) is 14.2 Å². The third-order valence-electron chi connectivity index (χ3n) is 10.9. The molecule has 10 nitrogen and oxygen atoms in total. The van der Waals surface area contributed by atoms with E-state index in [1.54, 1.807) is 20.8 Å². The van der Waals surface area contributed by atoms with E-state index < -0.39 is 57.4 Å². The van der Waals surface area contributed by atoms with Crippen LogP contribution in [0.5, 0.6) is 5.75 Å². The number of carbonyl (C=O) groups excluding carboxylic acids is 4. The molecule has 8 rings (SSSR count). The Morgan fingerprint density at radius 2 is 1.73 bits per heavy atom. The van der Waals surface area contributed by atoms with Crippen molar-refractivity contribution in [2.45, 2.75) is 82.3 Å². The number of ketones is 1. The van der Waals surface area contributed by atoms with E-state index in [1.165, 1.54) is 12.1 Å². The Hall–Kier alpha value is -2.79. The zero-order valence-electron chi connectivity index (χ0n) is 23.2. The van der Waals surface area contributed by atoms with Crippen LogP contribution in [-0.2, 0) is 38.8 Å². The van der Waals surface area contributed by atoms with Crippen LogP contribution in [-0.4, -0.2) is 48.9 Å². The number of fused-ring (bicyclic) bond motifs is 1. The lowest BCUT2D eigenvalue weighted by Crippen LogP contribution is -2.56. The molecule has 7 fully saturated rings. The number of carbonyl (C=O) groups is 4. The SMILES string of the molecule is Cc1cc(S(=O)(=O)O)c(C(C)C)cc1OC(=O)C1C2CC3C(OC(=O)C31)C2OC(=O)C12CC3CC(C1)C(=O)C(C3)C2. The maximum atomic E-state index is 13.8. The van der Waals surface area contributed by atoms with Crippen LogP contribution in [0.1, 0.15) is 69.4 Å². The van der Waals surface area contributed by atoms with Crippen LogP contribution in [0, 0.1) is 53.8 Å². The first-order chi connectivity index (χ1) is 19.3. The Morgan fingerprint density at radius 1 is 1.05 bits per heavy atom. The summed E-state index contributed by atoms with van der Waals surface area (Å²) in [4.78, 5) is 52.7. The third-order valence-corrected chi connectivity index (χ3v) is 11.8. The average molecular weight is 587 g/mol. The molecule has 6 bridgehead atoms. The van der Waals surface area contributed by atoms with Crippen molar-refractivity contribution in [2.75, 3.05) is 0 Å². The maximum absolute atomic E-state index is 13.8. The van der Waals surface area contributed by atoms with E-state index in [1.807, 2.05) is 0 Å². The van der Waals surface area contributed by atoms with Crippen molar-refractivity contribution in [2.24, 2.45) is 46.8 Å². The fourth-order valence-electron chi connectivity index (χ4n) is 9.35. The molecule has 7 aliphatic rings. The fourth-order valence-corrected chi connectivity index (χ4v) is 10.3. The highest BCUT2D eigenvalue weighted by molar-refractivity contribution is 7.85. The second-order valence-electron chi connectivity index (χ2n) is 13.6. The van der Waals surface area contributed by atoms with Gasteiger partial charge in [-0.3, -0.25) is 23.7 Å². The van der Waals surface area contributed by atoms with Crippen LogP contribution in [0.25, 0.3) is 0 Å². The molecule has 11 heteroatoms. The van der Waals surface area contributed by atoms with E-state index >= 15 is 0 Å². The molecule has 8 unspecified atom stereocenters. The smallest absolute Gasteiger partial charge is 0.315 e. The molecule has 0 spiro atoms. The molecule has 0 aromatic heterocycles. The van der Waals surface area contributed by atoms with Crippen LogP contribution in [0.3, 0.4) is 0 Å². The Labute approximate surface area is 238 Å². The molecule has 1 saturated heterocycles. The quantitative estimate of drug-likeness (QED) is 0.298. The van der Waals surface area contributed by atoms with Gasteiger partial charge in [0.1, 0.15) is 23.7 Å². The Balaban J connectivity index is 1.14. The molecule has 1 heterocycles. The first-order valence-corrected chi connectivity index (χ1v) is 16.0. The van der Waals surface area contributed by atoms with E-state index in [0.717, 1.165) is 12.8 Å². The van der Waals surface area contributed by atoms with Gasteiger partial charge in [0.05, 0.1) is 22.1 Å². The van der Waals surface area contributed by atoms with Crippen LogP contribution in [0.15, 0.2) is 17.0 Å². The first-order valence-electron chi connectivity index (χ1n) is 14.6. The van der Waals surface area contributed by atoms with Crippen molar-refractivity contribution in [3.63, 3.8) is 0 Å². The predicted octanol–water partition coefficient (Wildman–Crippen LogP) is 3.39. The monoisotopic (exact) mass is 586 g/mol. The summed E-state index contributed by atoms with van der Waals surface area (Å²) in [6.07, 6.45) is 2.56. The van der Waals surface area contributed by atoms with Gasteiger partial charge in [-0.15, -0.1) is 0 Å². The van der Waals surface area contributed by atoms with Crippen LogP contribution >= 0.6 is 0 Å². The third kappa shape index (κ3) is 3.94. The van der Waals surface area contributed by atoms with Crippen molar-refractivity contribution >= 4 is 33.8 Å². The Bertz CT molecular complexity index is 1480. The van der Waals surface area contributed by atoms with Gasteiger partial charge in [0.25, 0.3) is 10.1 Å². The highest BCUT2D eigenvalue weighted by atomic mass is 32.2. The van der Waals surface area contributed by atoms with E-state index in [0.29, 0.717) is 42.7 Å². The molecule has 220 valence electrons. The van der Waals surface area contributed by atoms with Gasteiger partial charge in [-0.25, -0.2) is 0 Å². The molecule has 1 aromatic rings. The van der Waals surface area contributed by atoms with Crippen molar-refractivity contribution in [1.29, 1.82) is 0 Å². The molecule has 8 atom stereocenters. The summed E-state index contributed by atoms with van der Waals surface area (Å²) in [5.41, 5.74) is -0.0524. The zero-order valence-corrected chi connectivity index (χ0v) is 24.0. The number of ether oxygens (including phenoxy) is 3.